The molecule has 25 N–H and O–H groups in total. The fourth-order valence-corrected chi connectivity index (χ4v) is 8.07. The number of guanidine groups is 1. The summed E-state index contributed by atoms with van der Waals surface area (Å²) in [6.07, 6.45) is 2.43. The van der Waals surface area contributed by atoms with Crippen molar-refractivity contribution in [3.05, 3.63) is 47.4 Å². The Morgan fingerprint density at radius 3 is 1.95 bits per heavy atom. The zero-order chi connectivity index (χ0) is 57.5. The van der Waals surface area contributed by atoms with Gasteiger partial charge in [0.05, 0.1) is 18.7 Å². The van der Waals surface area contributed by atoms with E-state index in [0.717, 1.165) is 6.07 Å². The van der Waals surface area contributed by atoms with E-state index in [1.54, 1.807) is 0 Å². The topological polar surface area (TPSA) is 502 Å². The normalized spacial score (nSPS) is 16.0. The lowest BCUT2D eigenvalue weighted by molar-refractivity contribution is -0.142. The molecule has 29 heteroatoms. The van der Waals surface area contributed by atoms with Gasteiger partial charge in [0, 0.05) is 26.1 Å². The number of rotatable bonds is 37. The smallest absolute Gasteiger partial charge is 0.352 e. The summed E-state index contributed by atoms with van der Waals surface area (Å²) >= 11 is 0. The number of amides is 8. The Bertz CT molecular complexity index is 2170. The largest absolute Gasteiger partial charge is 0.477 e. The Morgan fingerprint density at radius 1 is 0.727 bits per heavy atom. The molecule has 8 atom stereocenters. The molecular formula is C48H82FN17O11. The average molecular weight is 1090 g/mol. The first-order valence-electron chi connectivity index (χ1n) is 25.8. The number of carboxylic acids is 1. The van der Waals surface area contributed by atoms with Gasteiger partial charge in [-0.05, 0) is 121 Å². The van der Waals surface area contributed by atoms with Crippen molar-refractivity contribution in [3.8, 4) is 0 Å². The van der Waals surface area contributed by atoms with Gasteiger partial charge in [-0.15, -0.1) is 0 Å². The van der Waals surface area contributed by atoms with Crippen LogP contribution in [0.25, 0.3) is 0 Å². The molecule has 1 heterocycles. The highest BCUT2D eigenvalue weighted by molar-refractivity contribution is 5.99. The maximum atomic E-state index is 14.4. The van der Waals surface area contributed by atoms with E-state index in [2.05, 4.69) is 42.2 Å². The highest BCUT2D eigenvalue weighted by atomic mass is 19.1. The van der Waals surface area contributed by atoms with Crippen molar-refractivity contribution >= 4 is 59.2 Å². The van der Waals surface area contributed by atoms with Gasteiger partial charge in [0.1, 0.15) is 47.8 Å². The Morgan fingerprint density at radius 2 is 1.34 bits per heavy atom. The van der Waals surface area contributed by atoms with Crippen LogP contribution in [-0.4, -0.2) is 175 Å². The molecule has 0 aliphatic carbocycles. The van der Waals surface area contributed by atoms with E-state index >= 15 is 0 Å². The zero-order valence-corrected chi connectivity index (χ0v) is 43.5. The number of hydrogen-bond acceptors (Lipinski definition) is 17. The summed E-state index contributed by atoms with van der Waals surface area (Å²) in [4.78, 5) is 127. The average Bonchev–Trinajstić information content (AvgIpc) is 3.90. The van der Waals surface area contributed by atoms with Crippen LogP contribution in [-0.2, 0) is 49.6 Å². The fourth-order valence-electron chi connectivity index (χ4n) is 8.07. The Kier molecular flexibility index (Phi) is 31.1. The molecule has 1 aromatic carbocycles. The molecule has 1 saturated heterocycles. The van der Waals surface area contributed by atoms with Crippen LogP contribution in [0.2, 0.25) is 0 Å². The van der Waals surface area contributed by atoms with Gasteiger partial charge in [-0.1, -0.05) is 24.6 Å². The second kappa shape index (κ2) is 36.2. The quantitative estimate of drug-likeness (QED) is 0.0128. The molecule has 1 fully saturated rings. The van der Waals surface area contributed by atoms with Crippen LogP contribution in [0.4, 0.5) is 4.39 Å². The molecule has 1 aromatic rings. The van der Waals surface area contributed by atoms with Gasteiger partial charge in [0.2, 0.25) is 47.3 Å². The van der Waals surface area contributed by atoms with Crippen molar-refractivity contribution in [2.75, 3.05) is 52.4 Å². The first-order valence-corrected chi connectivity index (χ1v) is 25.8. The molecule has 2 rings (SSSR count). The molecular weight excluding hydrogens is 1010 g/mol. The van der Waals surface area contributed by atoms with E-state index in [-0.39, 0.29) is 102 Å². The summed E-state index contributed by atoms with van der Waals surface area (Å²) in [7, 11) is 0. The van der Waals surface area contributed by atoms with Crippen LogP contribution in [0, 0.1) is 5.82 Å². The maximum absolute atomic E-state index is 14.4. The van der Waals surface area contributed by atoms with E-state index in [1.807, 2.05) is 0 Å². The number of carboxylic acid groups (broad SMARTS) is 1. The summed E-state index contributed by atoms with van der Waals surface area (Å²) in [6, 6.07) is -3.97. The van der Waals surface area contributed by atoms with Crippen molar-refractivity contribution in [1.29, 1.82) is 0 Å². The minimum absolute atomic E-state index is 0.000505. The maximum Gasteiger partial charge on any atom is 0.352 e. The third-order valence-corrected chi connectivity index (χ3v) is 12.2. The van der Waals surface area contributed by atoms with Gasteiger partial charge in [0.25, 0.3) is 0 Å². The van der Waals surface area contributed by atoms with Crippen molar-refractivity contribution in [3.63, 3.8) is 0 Å². The van der Waals surface area contributed by atoms with Crippen LogP contribution in [0.3, 0.4) is 0 Å². The number of halogens is 1. The minimum atomic E-state index is -1.60. The zero-order valence-electron chi connectivity index (χ0n) is 43.5. The van der Waals surface area contributed by atoms with E-state index in [0.29, 0.717) is 38.6 Å². The molecule has 8 amide bonds. The lowest BCUT2D eigenvalue weighted by Gasteiger charge is -2.30. The van der Waals surface area contributed by atoms with Crippen LogP contribution in [0.5, 0.6) is 0 Å². The minimum Gasteiger partial charge on any atom is -0.477 e. The predicted molar refractivity (Wildman–Crippen MR) is 282 cm³/mol. The number of benzene rings is 1. The second-order valence-corrected chi connectivity index (χ2v) is 18.4. The standard InChI is InChI=1S/C48H82FN17O11/c49-29-11-5-10-28(24-29)25-35(43(72)61-32(13-2-4-19-51)42(71)63-34(47(76)77)16-8-22-58-48(56)57)64-44(73)36-17-9-23-66(36)46(75)33(15-7-21-53)60-38(68)27-59-41(70)31(14-6-20-52)62-45(74)39(37(67)26-54)65-40(69)30(55)12-1-3-18-50/h5,10-11,16,24,30-33,35-37,39,67H,1-4,6-9,12-15,17-23,25-27,50-55H2,(H,59,70)(H,60,68)(H,61,72)(H,62,74)(H,63,71)(H,64,73)(H,65,69)(H,76,77)(H4,56,57,58)/b34-16-/t30-,31-,32-,33+,35-,36-,37-,39+/m0/s1. The number of aliphatic hydroxyl groups is 1. The molecule has 1 aliphatic rings. The van der Waals surface area contributed by atoms with Gasteiger partial charge in [-0.25, -0.2) is 9.18 Å². The highest BCUT2D eigenvalue weighted by Gasteiger charge is 2.40. The van der Waals surface area contributed by atoms with Crippen molar-refractivity contribution in [2.45, 2.75) is 138 Å². The number of likely N-dealkylation sites (tertiary alicyclic amines) is 1. The van der Waals surface area contributed by atoms with Gasteiger partial charge in [-0.3, -0.25) is 43.3 Å². The van der Waals surface area contributed by atoms with Gasteiger partial charge in [0.15, 0.2) is 5.96 Å². The van der Waals surface area contributed by atoms with Gasteiger partial charge >= 0.3 is 5.97 Å². The summed E-state index contributed by atoms with van der Waals surface area (Å²) in [6.45, 7) is -0.207. The third kappa shape index (κ3) is 24.3. The fraction of sp³-hybridized carbons (Fsp3) is 0.625. The molecule has 0 spiro atoms. The van der Waals surface area contributed by atoms with Crippen molar-refractivity contribution in [2.24, 2.45) is 50.9 Å². The number of carbonyl (C=O) groups is 9. The first-order chi connectivity index (χ1) is 36.7. The summed E-state index contributed by atoms with van der Waals surface area (Å²) in [5.41, 5.74) is 44.7. The SMILES string of the molecule is NCCCC[C@H](NC(=O)[C@H](Cc1cccc(F)c1)NC(=O)[C@@H]1CCCN1C(=O)[C@@H](CCCN)NC(=O)CNC(=O)[C@H](CCCN)NC(=O)[C@H](NC(=O)[C@@H](N)CCCCN)[C@@H](O)CN)C(=O)N/C(=C\CCN=C(N)N)C(=O)O. The molecule has 0 unspecified atom stereocenters. The number of carbonyl (C=O) groups excluding carboxylic acids is 8. The van der Waals surface area contributed by atoms with E-state index < -0.39 is 126 Å². The van der Waals surface area contributed by atoms with Crippen molar-refractivity contribution in [1.82, 2.24) is 42.1 Å². The van der Waals surface area contributed by atoms with Gasteiger partial charge in [-0.2, -0.15) is 0 Å². The van der Waals surface area contributed by atoms with Crippen LogP contribution < -0.4 is 83.1 Å². The lowest BCUT2D eigenvalue weighted by Crippen LogP contribution is -2.61. The molecule has 0 radical (unpaired) electrons. The Hall–Kier alpha value is -6.89. The summed E-state index contributed by atoms with van der Waals surface area (Å²) in [5, 5.41) is 37.8. The lowest BCUT2D eigenvalue weighted by atomic mass is 10.0. The third-order valence-electron chi connectivity index (χ3n) is 12.2. The molecule has 1 aliphatic heterocycles. The van der Waals surface area contributed by atoms with Gasteiger partial charge < -0.3 is 98.2 Å². The number of aliphatic imine (C=N–C) groups is 1. The number of nitrogens with one attached hydrogen (secondary N) is 7. The predicted octanol–water partition coefficient (Wildman–Crippen LogP) is -5.97. The number of unbranched alkanes of at least 4 members (excludes halogenated alkanes) is 2. The Balaban J connectivity index is 2.31. The molecule has 0 bridgehead atoms. The highest BCUT2D eigenvalue weighted by Crippen LogP contribution is 2.21. The summed E-state index contributed by atoms with van der Waals surface area (Å²) < 4.78 is 14.4. The number of aliphatic hydroxyl groups excluding tert-OH is 1. The van der Waals surface area contributed by atoms with Crippen LogP contribution in [0.1, 0.15) is 89.0 Å². The number of nitrogens with two attached hydrogens (primary N) is 8. The number of nitrogens with zero attached hydrogens (tertiary/aromatic N) is 2. The van der Waals surface area contributed by atoms with E-state index in [1.165, 1.54) is 29.2 Å². The molecule has 432 valence electrons. The van der Waals surface area contributed by atoms with Crippen LogP contribution in [0.15, 0.2) is 41.0 Å². The number of aliphatic carboxylic acids is 1. The van der Waals surface area contributed by atoms with Crippen LogP contribution >= 0.6 is 0 Å². The van der Waals surface area contributed by atoms with E-state index in [9.17, 15) is 57.8 Å². The Labute approximate surface area is 446 Å². The second-order valence-electron chi connectivity index (χ2n) is 18.4. The summed E-state index contributed by atoms with van der Waals surface area (Å²) in [5.74, 6) is -9.00. The molecule has 0 saturated carbocycles. The van der Waals surface area contributed by atoms with E-state index in [4.69, 9.17) is 45.9 Å². The molecule has 28 nitrogen and oxygen atoms in total. The first kappa shape index (κ1) is 66.2. The molecule has 77 heavy (non-hydrogen) atoms. The van der Waals surface area contributed by atoms with Crippen molar-refractivity contribution < 1.29 is 57.8 Å². The monoisotopic (exact) mass is 1090 g/mol. The molecule has 0 aromatic heterocycles. The number of hydrogen-bond donors (Lipinski definition) is 17.